The van der Waals surface area contributed by atoms with Gasteiger partial charge >= 0.3 is 133 Å². The van der Waals surface area contributed by atoms with E-state index in [0.717, 1.165) is 3.93 Å². The van der Waals surface area contributed by atoms with E-state index in [0.29, 0.717) is 38.2 Å². The fraction of sp³-hybridized carbons (Fsp3) is 0.385. The molecule has 0 bridgehead atoms. The minimum atomic E-state index is -1.34. The number of para-hydroxylation sites is 1. The van der Waals surface area contributed by atoms with Crippen LogP contribution in [0.25, 0.3) is 0 Å². The zero-order valence-electron chi connectivity index (χ0n) is 11.3. The number of nitrogens with one attached hydrogen (secondary N) is 1. The van der Waals surface area contributed by atoms with Crippen molar-refractivity contribution < 1.29 is 50.3 Å². The van der Waals surface area contributed by atoms with Gasteiger partial charge in [0.05, 0.1) is 0 Å². The van der Waals surface area contributed by atoms with Crippen LogP contribution in [0.3, 0.4) is 0 Å². The Balaban J connectivity index is 2.69. The van der Waals surface area contributed by atoms with Crippen molar-refractivity contribution in [3.05, 3.63) is 29.8 Å². The number of ether oxygens (including phenoxy) is 2. The van der Waals surface area contributed by atoms with E-state index in [2.05, 4.69) is 5.32 Å². The van der Waals surface area contributed by atoms with Crippen molar-refractivity contribution in [1.82, 2.24) is 5.32 Å². The van der Waals surface area contributed by atoms with Crippen LogP contribution in [-0.2, 0) is 35.7 Å². The molecule has 0 aromatic heterocycles. The summed E-state index contributed by atoms with van der Waals surface area (Å²) in [5, 5.41) is 13.2. The molecule has 1 N–H and O–H groups in total. The van der Waals surface area contributed by atoms with E-state index in [9.17, 15) is 14.7 Å². The van der Waals surface area contributed by atoms with E-state index < -0.39 is 12.6 Å². The second-order valence-electron chi connectivity index (χ2n) is 4.01. The number of methoxy groups -OCH3 is 1. The van der Waals surface area contributed by atoms with Gasteiger partial charge in [0.15, 0.2) is 0 Å². The first kappa shape index (κ1) is 16.9. The molecular formula is C13H15HgNO5-. The number of hydrogen-bond acceptors (Lipinski definition) is 5. The van der Waals surface area contributed by atoms with Gasteiger partial charge in [-0.2, -0.15) is 0 Å². The van der Waals surface area contributed by atoms with Gasteiger partial charge in [0, 0.05) is 0 Å². The van der Waals surface area contributed by atoms with Crippen molar-refractivity contribution in [2.24, 2.45) is 0 Å². The molecule has 0 aliphatic rings. The predicted molar refractivity (Wildman–Crippen MR) is 64.9 cm³/mol. The van der Waals surface area contributed by atoms with Crippen LogP contribution in [0.2, 0.25) is 3.93 Å². The van der Waals surface area contributed by atoms with Gasteiger partial charge in [-0.15, -0.1) is 0 Å². The molecule has 1 unspecified atom stereocenters. The molecule has 0 saturated heterocycles. The van der Waals surface area contributed by atoms with Crippen LogP contribution in [0, 0.1) is 0 Å². The summed E-state index contributed by atoms with van der Waals surface area (Å²) in [5.74, 6) is -1.43. The Kier molecular flexibility index (Phi) is 7.54. The fourth-order valence-electron chi connectivity index (χ4n) is 1.52. The first-order valence-electron chi connectivity index (χ1n) is 6.10. The average molecular weight is 466 g/mol. The molecule has 7 heteroatoms. The minimum absolute atomic E-state index is 0.0265. The van der Waals surface area contributed by atoms with Gasteiger partial charge in [0.2, 0.25) is 0 Å². The number of carbonyl (C=O) groups excluding carboxylic acids is 2. The number of aliphatic carboxylic acids is 1. The van der Waals surface area contributed by atoms with Crippen molar-refractivity contribution in [2.75, 3.05) is 20.3 Å². The maximum atomic E-state index is 12.1. The summed E-state index contributed by atoms with van der Waals surface area (Å²) in [6.07, 6.45) is 0.0265. The molecule has 0 saturated carbocycles. The molecule has 1 aromatic carbocycles. The number of hydrogen-bond donors (Lipinski definition) is 1. The fourth-order valence-corrected chi connectivity index (χ4v) is 3.23. The molecule has 0 aliphatic heterocycles. The Hall–Kier alpha value is -1.14. The number of rotatable bonds is 8. The third-order valence-electron chi connectivity index (χ3n) is 2.62. The van der Waals surface area contributed by atoms with Crippen LogP contribution in [0.4, 0.5) is 0 Å². The number of carboxylic acid groups (broad SMARTS) is 1. The Bertz CT molecular complexity index is 462. The number of carbonyl (C=O) groups is 2. The van der Waals surface area contributed by atoms with Crippen molar-refractivity contribution in [2.45, 2.75) is 10.0 Å². The number of benzene rings is 1. The third-order valence-corrected chi connectivity index (χ3v) is 5.13. The zero-order valence-corrected chi connectivity index (χ0v) is 16.8. The summed E-state index contributed by atoms with van der Waals surface area (Å²) >= 11 is 0.598. The molecule has 20 heavy (non-hydrogen) atoms. The Morgan fingerprint density at radius 2 is 2.10 bits per heavy atom. The third kappa shape index (κ3) is 5.46. The number of carboxylic acids is 1. The molecule has 0 spiro atoms. The molecule has 0 aliphatic carbocycles. The summed E-state index contributed by atoms with van der Waals surface area (Å²) in [4.78, 5) is 22.5. The molecule has 6 nitrogen and oxygen atoms in total. The molecule has 0 heterocycles. The van der Waals surface area contributed by atoms with E-state index >= 15 is 0 Å². The number of amides is 1. The monoisotopic (exact) mass is 467 g/mol. The van der Waals surface area contributed by atoms with Gasteiger partial charge in [-0.3, -0.25) is 0 Å². The van der Waals surface area contributed by atoms with Gasteiger partial charge in [0.25, 0.3) is 0 Å². The van der Waals surface area contributed by atoms with Crippen LogP contribution >= 0.6 is 0 Å². The first-order valence-corrected chi connectivity index (χ1v) is 9.99. The molecule has 1 aromatic rings. The first-order chi connectivity index (χ1) is 9.58. The van der Waals surface area contributed by atoms with Crippen LogP contribution in [0.1, 0.15) is 10.4 Å². The van der Waals surface area contributed by atoms with Crippen molar-refractivity contribution in [1.29, 1.82) is 0 Å². The quantitative estimate of drug-likeness (QED) is 0.524. The summed E-state index contributed by atoms with van der Waals surface area (Å²) in [5.41, 5.74) is 0.293. The maximum absolute atomic E-state index is 12.1. The Morgan fingerprint density at radius 1 is 1.40 bits per heavy atom. The molecule has 0 radical (unpaired) electrons. The van der Waals surface area contributed by atoms with Crippen molar-refractivity contribution >= 4 is 11.9 Å². The zero-order chi connectivity index (χ0) is 15.0. The van der Waals surface area contributed by atoms with E-state index in [1.54, 1.807) is 31.4 Å². The van der Waals surface area contributed by atoms with Gasteiger partial charge in [-0.1, -0.05) is 0 Å². The van der Waals surface area contributed by atoms with Crippen molar-refractivity contribution in [3.63, 3.8) is 0 Å². The molecular weight excluding hydrogens is 451 g/mol. The Morgan fingerprint density at radius 3 is 2.70 bits per heavy atom. The van der Waals surface area contributed by atoms with Gasteiger partial charge in [0.1, 0.15) is 0 Å². The topological polar surface area (TPSA) is 87.7 Å². The predicted octanol–water partition coefficient (Wildman–Crippen LogP) is -0.475. The summed E-state index contributed by atoms with van der Waals surface area (Å²) < 4.78 is 11.2. The molecule has 0 fully saturated rings. The van der Waals surface area contributed by atoms with E-state index in [-0.39, 0.29) is 17.8 Å². The second-order valence-corrected chi connectivity index (χ2v) is 6.26. The second kappa shape index (κ2) is 8.91. The van der Waals surface area contributed by atoms with Crippen LogP contribution in [0.5, 0.6) is 5.75 Å². The molecule has 1 atom stereocenters. The molecule has 1 rings (SSSR count). The van der Waals surface area contributed by atoms with Gasteiger partial charge < -0.3 is 0 Å². The van der Waals surface area contributed by atoms with E-state index in [4.69, 9.17) is 9.47 Å². The normalized spacial score (nSPS) is 11.8. The summed E-state index contributed by atoms with van der Waals surface area (Å²) in [6.45, 7) is -0.165. The van der Waals surface area contributed by atoms with Crippen LogP contribution in [0.15, 0.2) is 24.3 Å². The summed E-state index contributed by atoms with van der Waals surface area (Å²) in [6, 6.07) is 6.47. The van der Waals surface area contributed by atoms with Crippen molar-refractivity contribution in [3.8, 4) is 5.75 Å². The van der Waals surface area contributed by atoms with E-state index in [1.165, 1.54) is 0 Å². The molecule has 1 amide bonds. The average Bonchev–Trinajstić information content (AvgIpc) is 2.46. The van der Waals surface area contributed by atoms with Gasteiger partial charge in [-0.25, -0.2) is 0 Å². The van der Waals surface area contributed by atoms with Crippen LogP contribution in [-0.4, -0.2) is 38.2 Å². The Labute approximate surface area is 133 Å². The molecule has 105 valence electrons. The van der Waals surface area contributed by atoms with Gasteiger partial charge in [-0.05, 0) is 0 Å². The van der Waals surface area contributed by atoms with E-state index in [1.807, 2.05) is 0 Å². The standard InChI is InChI=1S/C13H16NO5.Hg/c1-9(18-2)7-14-13(17)10-5-3-4-6-11(10)19-8-12(15)16;/h3-6,9H,1,7-8H2,2H3,(H,14,17)(H,15,16);/p-1. The summed E-state index contributed by atoms with van der Waals surface area (Å²) in [7, 11) is 1.61. The van der Waals surface area contributed by atoms with Crippen LogP contribution < -0.4 is 15.2 Å². The SMILES string of the molecule is COC([CH2][Hg])CNC(=O)c1ccccc1OCC(=O)[O-].